The van der Waals surface area contributed by atoms with Crippen LogP contribution in [-0.2, 0) is 33.4 Å². The van der Waals surface area contributed by atoms with Gasteiger partial charge in [0.1, 0.15) is 19.3 Å². The Hall–Kier alpha value is -2.61. The summed E-state index contributed by atoms with van der Waals surface area (Å²) in [6, 6.07) is -2.01. The Labute approximate surface area is 257 Å². The standard InChI is InChI=1S/C30H58N6O7/c1-21(2)28(39)23(13-8-11-17-32-26(37)19-42-5)35-30(41)25(14-7-10-16-31)36-29(40)24(34-22(3)4)15-9-12-18-33-27(38)20-43-6/h21-25,34H,7-20,31H2,1-6H3,(H,32,37)(H,33,38)(H,35,41)(H,36,40). The van der Waals surface area contributed by atoms with Crippen molar-refractivity contribution in [3.8, 4) is 0 Å². The molecule has 0 radical (unpaired) electrons. The van der Waals surface area contributed by atoms with Gasteiger partial charge in [-0.3, -0.25) is 24.0 Å². The van der Waals surface area contributed by atoms with Crippen molar-refractivity contribution in [2.45, 2.75) is 110 Å². The van der Waals surface area contributed by atoms with Crippen molar-refractivity contribution in [3.05, 3.63) is 0 Å². The van der Waals surface area contributed by atoms with E-state index in [9.17, 15) is 24.0 Å². The topological polar surface area (TPSA) is 190 Å². The van der Waals surface area contributed by atoms with Gasteiger partial charge >= 0.3 is 0 Å². The summed E-state index contributed by atoms with van der Waals surface area (Å²) in [5.41, 5.74) is 5.67. The average Bonchev–Trinajstić information content (AvgIpc) is 2.94. The summed E-state index contributed by atoms with van der Waals surface area (Å²) in [6.45, 7) is 8.86. The summed E-state index contributed by atoms with van der Waals surface area (Å²) in [5, 5.41) is 14.6. The Morgan fingerprint density at radius 1 is 0.628 bits per heavy atom. The molecule has 13 nitrogen and oxygen atoms in total. The predicted octanol–water partition coefficient (Wildman–Crippen LogP) is 0.543. The first kappa shape index (κ1) is 40.4. The molecule has 0 fully saturated rings. The number of hydrogen-bond donors (Lipinski definition) is 6. The molecule has 13 heteroatoms. The van der Waals surface area contributed by atoms with E-state index in [2.05, 4.69) is 26.6 Å². The first-order chi connectivity index (χ1) is 20.5. The highest BCUT2D eigenvalue weighted by atomic mass is 16.5. The first-order valence-electron chi connectivity index (χ1n) is 15.6. The van der Waals surface area contributed by atoms with Gasteiger partial charge in [0, 0.05) is 39.3 Å². The van der Waals surface area contributed by atoms with E-state index in [-0.39, 0.29) is 48.7 Å². The molecule has 0 aliphatic carbocycles. The lowest BCUT2D eigenvalue weighted by molar-refractivity contribution is -0.133. The molecule has 0 bridgehead atoms. The van der Waals surface area contributed by atoms with Crippen LogP contribution in [0.3, 0.4) is 0 Å². The van der Waals surface area contributed by atoms with Crippen molar-refractivity contribution in [2.75, 3.05) is 47.1 Å². The Balaban J connectivity index is 5.33. The number of methoxy groups -OCH3 is 2. The number of ether oxygens (including phenoxy) is 2. The Morgan fingerprint density at radius 3 is 1.53 bits per heavy atom. The fraction of sp³-hybridized carbons (Fsp3) is 0.833. The second-order valence-electron chi connectivity index (χ2n) is 11.4. The smallest absolute Gasteiger partial charge is 0.245 e. The average molecular weight is 615 g/mol. The maximum absolute atomic E-state index is 13.5. The van der Waals surface area contributed by atoms with E-state index in [1.54, 1.807) is 13.8 Å². The minimum absolute atomic E-state index is 0.00423. The highest BCUT2D eigenvalue weighted by Crippen LogP contribution is 2.11. The van der Waals surface area contributed by atoms with Gasteiger partial charge in [0.25, 0.3) is 0 Å². The summed E-state index contributed by atoms with van der Waals surface area (Å²) in [4.78, 5) is 63.0. The largest absolute Gasteiger partial charge is 0.375 e. The molecule has 0 saturated carbocycles. The van der Waals surface area contributed by atoms with Crippen molar-refractivity contribution >= 4 is 29.4 Å². The van der Waals surface area contributed by atoms with Crippen molar-refractivity contribution in [3.63, 3.8) is 0 Å². The number of carbonyl (C=O) groups excluding carboxylic acids is 5. The Bertz CT molecular complexity index is 825. The van der Waals surface area contributed by atoms with Crippen molar-refractivity contribution in [1.82, 2.24) is 26.6 Å². The molecular formula is C30H58N6O7. The molecule has 0 aromatic rings. The molecule has 7 N–H and O–H groups in total. The van der Waals surface area contributed by atoms with Gasteiger partial charge in [-0.25, -0.2) is 0 Å². The van der Waals surface area contributed by atoms with E-state index in [4.69, 9.17) is 15.2 Å². The van der Waals surface area contributed by atoms with Gasteiger partial charge in [0.2, 0.25) is 23.6 Å². The molecule has 4 amide bonds. The zero-order chi connectivity index (χ0) is 32.6. The van der Waals surface area contributed by atoms with Gasteiger partial charge in [0.05, 0.1) is 12.1 Å². The summed E-state index contributed by atoms with van der Waals surface area (Å²) in [6.07, 6.45) is 5.31. The van der Waals surface area contributed by atoms with Crippen LogP contribution in [0.4, 0.5) is 0 Å². The molecule has 3 unspecified atom stereocenters. The number of amides is 4. The number of ketones is 1. The molecule has 250 valence electrons. The maximum Gasteiger partial charge on any atom is 0.245 e. The summed E-state index contributed by atoms with van der Waals surface area (Å²) >= 11 is 0. The van der Waals surface area contributed by atoms with Crippen LogP contribution in [-0.4, -0.2) is 101 Å². The van der Waals surface area contributed by atoms with E-state index >= 15 is 0 Å². The zero-order valence-corrected chi connectivity index (χ0v) is 27.2. The fourth-order valence-electron chi connectivity index (χ4n) is 4.45. The minimum atomic E-state index is -0.820. The molecule has 0 saturated heterocycles. The molecule has 0 heterocycles. The SMILES string of the molecule is COCC(=O)NCCCCC(NC(C)C)C(=O)NC(CCCCN)C(=O)NC(CCCCNC(=O)COC)C(=O)C(C)C. The van der Waals surface area contributed by atoms with Crippen molar-refractivity contribution in [1.29, 1.82) is 0 Å². The van der Waals surface area contributed by atoms with E-state index in [1.807, 2.05) is 13.8 Å². The van der Waals surface area contributed by atoms with Crippen LogP contribution in [0, 0.1) is 5.92 Å². The number of Topliss-reactive ketones (excluding diaryl/α,β-unsaturated/α-hetero) is 1. The van der Waals surface area contributed by atoms with Gasteiger partial charge in [0.15, 0.2) is 5.78 Å². The lowest BCUT2D eigenvalue weighted by Gasteiger charge is -2.27. The second-order valence-corrected chi connectivity index (χ2v) is 11.4. The number of nitrogens with two attached hydrogens (primary N) is 1. The van der Waals surface area contributed by atoms with E-state index in [0.29, 0.717) is 77.4 Å². The third kappa shape index (κ3) is 20.1. The highest BCUT2D eigenvalue weighted by molar-refractivity contribution is 5.94. The molecule has 0 aliphatic rings. The third-order valence-corrected chi connectivity index (χ3v) is 6.69. The van der Waals surface area contributed by atoms with Crippen LogP contribution in [0.5, 0.6) is 0 Å². The number of nitrogens with one attached hydrogen (secondary N) is 5. The van der Waals surface area contributed by atoms with E-state index in [1.165, 1.54) is 14.2 Å². The first-order valence-corrected chi connectivity index (χ1v) is 15.6. The molecule has 0 spiro atoms. The molecule has 0 aliphatic heterocycles. The third-order valence-electron chi connectivity index (χ3n) is 6.69. The van der Waals surface area contributed by atoms with Crippen LogP contribution < -0.4 is 32.3 Å². The van der Waals surface area contributed by atoms with Crippen molar-refractivity contribution in [2.24, 2.45) is 11.7 Å². The normalized spacial score (nSPS) is 13.3. The van der Waals surface area contributed by atoms with Gasteiger partial charge in [-0.1, -0.05) is 27.7 Å². The molecule has 43 heavy (non-hydrogen) atoms. The summed E-state index contributed by atoms with van der Waals surface area (Å²) in [7, 11) is 2.91. The maximum atomic E-state index is 13.5. The zero-order valence-electron chi connectivity index (χ0n) is 27.2. The van der Waals surface area contributed by atoms with Gasteiger partial charge in [-0.15, -0.1) is 0 Å². The molecule has 0 aromatic heterocycles. The number of carbonyl (C=O) groups is 5. The van der Waals surface area contributed by atoms with Crippen LogP contribution in [0.1, 0.15) is 85.5 Å². The second kappa shape index (κ2) is 24.8. The number of rotatable bonds is 26. The highest BCUT2D eigenvalue weighted by Gasteiger charge is 2.29. The van der Waals surface area contributed by atoms with E-state index < -0.39 is 24.0 Å². The van der Waals surface area contributed by atoms with Crippen LogP contribution in [0.25, 0.3) is 0 Å². The number of hydrogen-bond acceptors (Lipinski definition) is 9. The summed E-state index contributed by atoms with van der Waals surface area (Å²) in [5.74, 6) is -1.45. The lowest BCUT2D eigenvalue weighted by Crippen LogP contribution is -2.56. The molecule has 0 rings (SSSR count). The van der Waals surface area contributed by atoms with Crippen LogP contribution in [0.2, 0.25) is 0 Å². The lowest BCUT2D eigenvalue weighted by atomic mass is 9.96. The fourth-order valence-corrected chi connectivity index (χ4v) is 4.45. The van der Waals surface area contributed by atoms with Crippen molar-refractivity contribution < 1.29 is 33.4 Å². The minimum Gasteiger partial charge on any atom is -0.375 e. The van der Waals surface area contributed by atoms with Gasteiger partial charge < -0.3 is 41.8 Å². The predicted molar refractivity (Wildman–Crippen MR) is 166 cm³/mol. The Kier molecular flexibility index (Phi) is 23.3. The van der Waals surface area contributed by atoms with Gasteiger partial charge in [-0.05, 0) is 64.3 Å². The van der Waals surface area contributed by atoms with E-state index in [0.717, 1.165) is 0 Å². The Morgan fingerprint density at radius 2 is 1.07 bits per heavy atom. The molecule has 3 atom stereocenters. The monoisotopic (exact) mass is 614 g/mol. The quantitative estimate of drug-likeness (QED) is 0.0756. The van der Waals surface area contributed by atoms with Crippen LogP contribution >= 0.6 is 0 Å². The van der Waals surface area contributed by atoms with Crippen LogP contribution in [0.15, 0.2) is 0 Å². The number of unbranched alkanes of at least 4 members (excludes halogenated alkanes) is 3. The summed E-state index contributed by atoms with van der Waals surface area (Å²) < 4.78 is 9.61. The molecular weight excluding hydrogens is 556 g/mol. The molecule has 0 aromatic carbocycles. The van der Waals surface area contributed by atoms with Gasteiger partial charge in [-0.2, -0.15) is 0 Å².